The fraction of sp³-hybridized carbons (Fsp3) is 0.644. The van der Waals surface area contributed by atoms with Gasteiger partial charge in [0.25, 0.3) is 0 Å². The topological polar surface area (TPSA) is 228 Å². The SMILES string of the molecule is CC/C=C\C/C=C\C/C=C\C/C=C\C/C=C\C/C=C\C/C=C\CCCCCCCC(=O)NC(COC1OC(CO)C(OC2OC(CO)C(O)C(O)C2O)C(O)C1O)C(O)/C=C/CC/C=C/CC/C=C/CCCC. The number of hydrogen-bond donors (Lipinski definition) is 9. The van der Waals surface area contributed by atoms with E-state index >= 15 is 0 Å². The molecular formula is C59H95NO13. The van der Waals surface area contributed by atoms with Crippen molar-refractivity contribution in [3.8, 4) is 0 Å². The number of hydrogen-bond acceptors (Lipinski definition) is 13. The summed E-state index contributed by atoms with van der Waals surface area (Å²) < 4.78 is 22.7. The summed E-state index contributed by atoms with van der Waals surface area (Å²) in [6.07, 6.45) is 45.3. The maximum absolute atomic E-state index is 13.2. The highest BCUT2D eigenvalue weighted by atomic mass is 16.7. The third-order valence-corrected chi connectivity index (χ3v) is 12.4. The van der Waals surface area contributed by atoms with Gasteiger partial charge in [-0.2, -0.15) is 0 Å². The molecule has 2 saturated heterocycles. The minimum absolute atomic E-state index is 0.238. The summed E-state index contributed by atoms with van der Waals surface area (Å²) in [5, 5.41) is 86.7. The number of amides is 1. The van der Waals surface area contributed by atoms with Crippen LogP contribution in [0.4, 0.5) is 0 Å². The first kappa shape index (κ1) is 65.5. The van der Waals surface area contributed by atoms with Crippen LogP contribution in [-0.4, -0.2) is 140 Å². The van der Waals surface area contributed by atoms with E-state index in [1.54, 1.807) is 6.08 Å². The standard InChI is InChI=1S/C59H95NO13/c1-3-5-7-9-11-13-15-17-18-19-20-21-22-23-24-25-26-27-28-29-30-31-33-35-37-39-41-43-51(64)60-47(48(63)42-40-38-36-34-32-16-14-12-10-8-6-4-2)46-70-58-56(69)54(67)57(50(45-62)72-58)73-59-55(68)53(66)52(65)49(44-61)71-59/h5,7,10-13,17-18,20-21,23-24,26-27,29-30,32,34,40,42,47-50,52-59,61-63,65-69H,3-4,6,8-9,14-16,19,22,25,28,31,33,35-39,41,43-46H2,1-2H3,(H,60,64)/b7-5-,12-10+,13-11-,18-17-,21-20-,24-23-,27-26-,30-29-,34-32+,42-40+. The van der Waals surface area contributed by atoms with Gasteiger partial charge >= 0.3 is 0 Å². The highest BCUT2D eigenvalue weighted by Gasteiger charge is 2.51. The number of aliphatic hydroxyl groups is 8. The molecule has 14 nitrogen and oxygen atoms in total. The predicted molar refractivity (Wildman–Crippen MR) is 290 cm³/mol. The van der Waals surface area contributed by atoms with E-state index in [4.69, 9.17) is 18.9 Å². The monoisotopic (exact) mass is 1030 g/mol. The van der Waals surface area contributed by atoms with Crippen molar-refractivity contribution >= 4 is 5.91 Å². The Balaban J connectivity index is 1.78. The molecule has 2 aliphatic rings. The van der Waals surface area contributed by atoms with Gasteiger partial charge < -0.3 is 65.1 Å². The molecule has 0 saturated carbocycles. The Morgan fingerprint density at radius 1 is 0.507 bits per heavy atom. The average Bonchev–Trinajstić information content (AvgIpc) is 3.39. The molecule has 12 unspecified atom stereocenters. The largest absolute Gasteiger partial charge is 0.394 e. The van der Waals surface area contributed by atoms with Gasteiger partial charge in [0, 0.05) is 6.42 Å². The lowest BCUT2D eigenvalue weighted by Gasteiger charge is -2.46. The smallest absolute Gasteiger partial charge is 0.220 e. The van der Waals surface area contributed by atoms with E-state index in [0.717, 1.165) is 103 Å². The molecule has 12 atom stereocenters. The van der Waals surface area contributed by atoms with E-state index in [0.29, 0.717) is 12.8 Å². The molecule has 0 spiro atoms. The Hall–Kier alpha value is -3.61. The highest BCUT2D eigenvalue weighted by molar-refractivity contribution is 5.76. The molecule has 2 aliphatic heterocycles. The summed E-state index contributed by atoms with van der Waals surface area (Å²) in [5.74, 6) is -0.281. The summed E-state index contributed by atoms with van der Waals surface area (Å²) in [5.41, 5.74) is 0. The van der Waals surface area contributed by atoms with Gasteiger partial charge in [-0.3, -0.25) is 4.79 Å². The van der Waals surface area contributed by atoms with Crippen molar-refractivity contribution in [2.45, 2.75) is 222 Å². The van der Waals surface area contributed by atoms with E-state index in [1.165, 1.54) is 12.8 Å². The van der Waals surface area contributed by atoms with Crippen LogP contribution in [-0.2, 0) is 23.7 Å². The average molecular weight is 1030 g/mol. The number of unbranched alkanes of at least 4 members (excludes halogenated alkanes) is 9. The highest BCUT2D eigenvalue weighted by Crippen LogP contribution is 2.30. The Kier molecular flexibility index (Phi) is 39.1. The molecule has 0 aromatic heterocycles. The van der Waals surface area contributed by atoms with E-state index in [1.807, 2.05) is 6.08 Å². The van der Waals surface area contributed by atoms with E-state index < -0.39 is 86.8 Å². The van der Waals surface area contributed by atoms with Crippen LogP contribution in [0, 0.1) is 0 Å². The van der Waals surface area contributed by atoms with Gasteiger partial charge in [-0.15, -0.1) is 0 Å². The fourth-order valence-corrected chi connectivity index (χ4v) is 7.93. The molecular weight excluding hydrogens is 931 g/mol. The number of nitrogens with one attached hydrogen (secondary N) is 1. The van der Waals surface area contributed by atoms with Crippen LogP contribution in [0.2, 0.25) is 0 Å². The van der Waals surface area contributed by atoms with E-state index in [2.05, 4.69) is 129 Å². The van der Waals surface area contributed by atoms with Crippen molar-refractivity contribution in [3.63, 3.8) is 0 Å². The second kappa shape index (κ2) is 43.6. The summed E-state index contributed by atoms with van der Waals surface area (Å²) in [6, 6.07) is -0.956. The Morgan fingerprint density at radius 2 is 0.959 bits per heavy atom. The minimum atomic E-state index is -1.80. The van der Waals surface area contributed by atoms with Gasteiger partial charge in [0.1, 0.15) is 48.8 Å². The van der Waals surface area contributed by atoms with Gasteiger partial charge in [0.2, 0.25) is 5.91 Å². The van der Waals surface area contributed by atoms with Gasteiger partial charge in [-0.1, -0.05) is 167 Å². The molecule has 0 bridgehead atoms. The lowest BCUT2D eigenvalue weighted by Crippen LogP contribution is -2.65. The molecule has 73 heavy (non-hydrogen) atoms. The number of allylic oxidation sites excluding steroid dienone is 19. The third-order valence-electron chi connectivity index (χ3n) is 12.4. The molecule has 0 aliphatic carbocycles. The van der Waals surface area contributed by atoms with Crippen molar-refractivity contribution in [2.24, 2.45) is 0 Å². The van der Waals surface area contributed by atoms with Crippen molar-refractivity contribution < 1.29 is 64.6 Å². The molecule has 2 heterocycles. The van der Waals surface area contributed by atoms with Crippen LogP contribution in [0.1, 0.15) is 149 Å². The summed E-state index contributed by atoms with van der Waals surface area (Å²) in [6.45, 7) is 2.55. The molecule has 2 fully saturated rings. The zero-order valence-electron chi connectivity index (χ0n) is 44.1. The fourth-order valence-electron chi connectivity index (χ4n) is 7.93. The molecule has 1 amide bonds. The summed E-state index contributed by atoms with van der Waals surface area (Å²) >= 11 is 0. The Morgan fingerprint density at radius 3 is 1.51 bits per heavy atom. The second-order valence-electron chi connectivity index (χ2n) is 18.6. The normalized spacial score (nSPS) is 26.4. The molecule has 414 valence electrons. The first-order valence-electron chi connectivity index (χ1n) is 27.3. The van der Waals surface area contributed by atoms with Gasteiger partial charge in [-0.05, 0) is 96.3 Å². The quantitative estimate of drug-likeness (QED) is 0.0208. The molecule has 0 aromatic carbocycles. The zero-order chi connectivity index (χ0) is 53.2. The summed E-state index contributed by atoms with van der Waals surface area (Å²) in [4.78, 5) is 13.2. The molecule has 0 aromatic rings. The first-order chi connectivity index (χ1) is 35.6. The Labute approximate surface area is 438 Å². The number of carbonyl (C=O) groups excluding carboxylic acids is 1. The lowest BCUT2D eigenvalue weighted by molar-refractivity contribution is -0.359. The first-order valence-corrected chi connectivity index (χ1v) is 27.3. The van der Waals surface area contributed by atoms with Crippen molar-refractivity contribution in [3.05, 3.63) is 122 Å². The van der Waals surface area contributed by atoms with Crippen LogP contribution in [0.3, 0.4) is 0 Å². The zero-order valence-corrected chi connectivity index (χ0v) is 44.1. The minimum Gasteiger partial charge on any atom is -0.394 e. The Bertz CT molecular complexity index is 1680. The van der Waals surface area contributed by atoms with Crippen LogP contribution >= 0.6 is 0 Å². The molecule has 9 N–H and O–H groups in total. The van der Waals surface area contributed by atoms with Crippen LogP contribution in [0.25, 0.3) is 0 Å². The van der Waals surface area contributed by atoms with Crippen molar-refractivity contribution in [1.82, 2.24) is 5.32 Å². The van der Waals surface area contributed by atoms with Gasteiger partial charge in [-0.25, -0.2) is 0 Å². The maximum atomic E-state index is 13.2. The van der Waals surface area contributed by atoms with Crippen LogP contribution in [0.15, 0.2) is 122 Å². The predicted octanol–water partition coefficient (Wildman–Crippen LogP) is 8.27. The van der Waals surface area contributed by atoms with Crippen molar-refractivity contribution in [2.75, 3.05) is 19.8 Å². The molecule has 2 rings (SSSR count). The van der Waals surface area contributed by atoms with Crippen LogP contribution in [0.5, 0.6) is 0 Å². The molecule has 0 radical (unpaired) electrons. The lowest BCUT2D eigenvalue weighted by atomic mass is 9.97. The number of aliphatic hydroxyl groups excluding tert-OH is 8. The van der Waals surface area contributed by atoms with Gasteiger partial charge in [0.15, 0.2) is 12.6 Å². The van der Waals surface area contributed by atoms with E-state index in [9.17, 15) is 45.6 Å². The second-order valence-corrected chi connectivity index (χ2v) is 18.6. The third kappa shape index (κ3) is 29.9. The van der Waals surface area contributed by atoms with Gasteiger partial charge in [0.05, 0.1) is 32.0 Å². The maximum Gasteiger partial charge on any atom is 0.220 e. The van der Waals surface area contributed by atoms with E-state index in [-0.39, 0.29) is 18.9 Å². The number of carbonyl (C=O) groups is 1. The molecule has 14 heteroatoms. The number of rotatable bonds is 40. The summed E-state index contributed by atoms with van der Waals surface area (Å²) in [7, 11) is 0. The van der Waals surface area contributed by atoms with Crippen molar-refractivity contribution in [1.29, 1.82) is 0 Å². The number of ether oxygens (including phenoxy) is 4. The van der Waals surface area contributed by atoms with Crippen LogP contribution < -0.4 is 5.32 Å².